The lowest BCUT2D eigenvalue weighted by molar-refractivity contribution is 0.540. The summed E-state index contributed by atoms with van der Waals surface area (Å²) < 4.78 is 0. The summed E-state index contributed by atoms with van der Waals surface area (Å²) in [6, 6.07) is 0.160. The third-order valence-corrected chi connectivity index (χ3v) is 1.70. The molecule has 1 aromatic heterocycles. The Hall–Kier alpha value is -0.980. The zero-order valence-electron chi connectivity index (χ0n) is 5.91. The van der Waals surface area contributed by atoms with Crippen LogP contribution >= 0.6 is 0 Å². The molecule has 60 valence electrons. The van der Waals surface area contributed by atoms with E-state index in [2.05, 4.69) is 26.0 Å². The second kappa shape index (κ2) is 2.57. The fraction of sp³-hybridized carbons (Fsp3) is 0.600. The average molecular weight is 154 g/mol. The van der Waals surface area contributed by atoms with Crippen LogP contribution in [0.25, 0.3) is 0 Å². The molecule has 1 aliphatic heterocycles. The molecule has 0 bridgehead atoms. The third kappa shape index (κ3) is 1.23. The molecule has 1 saturated heterocycles. The van der Waals surface area contributed by atoms with E-state index in [4.69, 9.17) is 5.73 Å². The fourth-order valence-electron chi connectivity index (χ4n) is 1.14. The Balaban J connectivity index is 2.08. The molecule has 2 unspecified atom stereocenters. The Morgan fingerprint density at radius 1 is 1.55 bits per heavy atom. The summed E-state index contributed by atoms with van der Waals surface area (Å²) in [4.78, 5) is 4.01. The topological polar surface area (TPSA) is 91.7 Å². The number of aromatic amines is 1. The van der Waals surface area contributed by atoms with Gasteiger partial charge in [0.05, 0.1) is 12.2 Å². The van der Waals surface area contributed by atoms with E-state index in [1.165, 1.54) is 6.33 Å². The van der Waals surface area contributed by atoms with Crippen LogP contribution < -0.4 is 16.6 Å². The van der Waals surface area contributed by atoms with Gasteiger partial charge >= 0.3 is 0 Å². The van der Waals surface area contributed by atoms with Crippen molar-refractivity contribution in [3.8, 4) is 0 Å². The summed E-state index contributed by atoms with van der Waals surface area (Å²) in [6.07, 6.45) is 2.32. The molecule has 2 rings (SSSR count). The molecule has 6 heteroatoms. The Morgan fingerprint density at radius 2 is 2.45 bits per heavy atom. The first-order valence-corrected chi connectivity index (χ1v) is 3.48. The van der Waals surface area contributed by atoms with Crippen molar-refractivity contribution < 1.29 is 0 Å². The number of nitrogens with one attached hydrogen (secondary N) is 3. The van der Waals surface area contributed by atoms with E-state index in [-0.39, 0.29) is 12.2 Å². The lowest BCUT2D eigenvalue weighted by atomic mass is 10.2. The number of hydrogen-bond donors (Lipinski definition) is 4. The number of rotatable bonds is 1. The Morgan fingerprint density at radius 3 is 3.00 bits per heavy atom. The molecule has 11 heavy (non-hydrogen) atoms. The van der Waals surface area contributed by atoms with E-state index >= 15 is 0 Å². The van der Waals surface area contributed by atoms with Gasteiger partial charge in [-0.25, -0.2) is 15.8 Å². The summed E-state index contributed by atoms with van der Waals surface area (Å²) in [5.74, 6) is 0.824. The molecule has 0 saturated carbocycles. The summed E-state index contributed by atoms with van der Waals surface area (Å²) in [5, 5.41) is 6.53. The van der Waals surface area contributed by atoms with Crippen molar-refractivity contribution in [2.45, 2.75) is 18.6 Å². The number of aromatic nitrogens is 3. The van der Waals surface area contributed by atoms with Gasteiger partial charge in [0, 0.05) is 6.42 Å². The van der Waals surface area contributed by atoms with Crippen molar-refractivity contribution >= 4 is 0 Å². The number of H-pyrrole nitrogens is 1. The molecule has 0 radical (unpaired) electrons. The van der Waals surface area contributed by atoms with Crippen LogP contribution in [0.2, 0.25) is 0 Å². The lowest BCUT2D eigenvalue weighted by Gasteiger charge is -2.02. The largest absolute Gasteiger partial charge is 0.315 e. The molecule has 1 fully saturated rings. The van der Waals surface area contributed by atoms with Crippen LogP contribution in [0.5, 0.6) is 0 Å². The van der Waals surface area contributed by atoms with Crippen LogP contribution in [0.3, 0.4) is 0 Å². The molecule has 0 aromatic carbocycles. The predicted molar refractivity (Wildman–Crippen MR) is 38.0 cm³/mol. The minimum Gasteiger partial charge on any atom is -0.315 e. The molecule has 5 N–H and O–H groups in total. The van der Waals surface area contributed by atoms with E-state index in [0.29, 0.717) is 0 Å². The smallest absolute Gasteiger partial charge is 0.142 e. The first-order chi connectivity index (χ1) is 5.36. The molecule has 2 atom stereocenters. The van der Waals surface area contributed by atoms with Crippen molar-refractivity contribution in [1.82, 2.24) is 26.0 Å². The highest BCUT2D eigenvalue weighted by Crippen LogP contribution is 2.14. The monoisotopic (exact) mass is 154 g/mol. The highest BCUT2D eigenvalue weighted by Gasteiger charge is 2.23. The normalized spacial score (nSPS) is 31.0. The van der Waals surface area contributed by atoms with Crippen LogP contribution in [0.15, 0.2) is 6.33 Å². The van der Waals surface area contributed by atoms with E-state index in [1.807, 2.05) is 0 Å². The van der Waals surface area contributed by atoms with Gasteiger partial charge in [0.25, 0.3) is 0 Å². The van der Waals surface area contributed by atoms with Crippen molar-refractivity contribution in [2.75, 3.05) is 0 Å². The zero-order valence-corrected chi connectivity index (χ0v) is 5.91. The number of hydrogen-bond acceptors (Lipinski definition) is 5. The Labute approximate surface area is 63.5 Å². The standard InChI is InChI=1S/C5H10N6/c6-4-1-3(9-10-4)5-7-2-8-11-5/h2-4,9-10H,1,6H2,(H,7,8,11). The second-order valence-corrected chi connectivity index (χ2v) is 2.55. The zero-order chi connectivity index (χ0) is 7.68. The van der Waals surface area contributed by atoms with Gasteiger partial charge in [-0.2, -0.15) is 5.10 Å². The van der Waals surface area contributed by atoms with E-state index in [1.54, 1.807) is 0 Å². The molecule has 6 nitrogen and oxygen atoms in total. The molecule has 1 aromatic rings. The number of hydrazine groups is 1. The molecule has 1 aliphatic rings. The molecular weight excluding hydrogens is 144 g/mol. The summed E-state index contributed by atoms with van der Waals surface area (Å²) >= 11 is 0. The van der Waals surface area contributed by atoms with Gasteiger partial charge in [-0.3, -0.25) is 5.10 Å². The maximum Gasteiger partial charge on any atom is 0.142 e. The van der Waals surface area contributed by atoms with E-state index < -0.39 is 0 Å². The SMILES string of the molecule is NC1CC(c2ncn[nH]2)NN1. The lowest BCUT2D eigenvalue weighted by Crippen LogP contribution is -2.36. The molecule has 0 spiro atoms. The van der Waals surface area contributed by atoms with Gasteiger partial charge in [0.15, 0.2) is 0 Å². The summed E-state index contributed by atoms with van der Waals surface area (Å²) in [7, 11) is 0. The van der Waals surface area contributed by atoms with Crippen LogP contribution in [-0.4, -0.2) is 21.3 Å². The van der Waals surface area contributed by atoms with E-state index in [9.17, 15) is 0 Å². The average Bonchev–Trinajstić information content (AvgIpc) is 2.55. The third-order valence-electron chi connectivity index (χ3n) is 1.70. The molecule has 0 amide bonds. The quantitative estimate of drug-likeness (QED) is 0.400. The van der Waals surface area contributed by atoms with Crippen molar-refractivity contribution in [3.63, 3.8) is 0 Å². The molecule has 0 aliphatic carbocycles. The molecule has 2 heterocycles. The highest BCUT2D eigenvalue weighted by atomic mass is 15.5. The van der Waals surface area contributed by atoms with Gasteiger partial charge in [-0.05, 0) is 0 Å². The van der Waals surface area contributed by atoms with Crippen LogP contribution in [-0.2, 0) is 0 Å². The van der Waals surface area contributed by atoms with Crippen molar-refractivity contribution in [2.24, 2.45) is 5.73 Å². The van der Waals surface area contributed by atoms with Crippen LogP contribution in [0.4, 0.5) is 0 Å². The maximum absolute atomic E-state index is 5.60. The van der Waals surface area contributed by atoms with Gasteiger partial charge < -0.3 is 5.73 Å². The Kier molecular flexibility index (Phi) is 1.57. The molecular formula is C5H10N6. The maximum atomic E-state index is 5.60. The minimum atomic E-state index is 0.00472. The Bertz CT molecular complexity index is 219. The predicted octanol–water partition coefficient (Wildman–Crippen LogP) is -1.37. The van der Waals surface area contributed by atoms with Crippen LogP contribution in [0, 0.1) is 0 Å². The fourth-order valence-corrected chi connectivity index (χ4v) is 1.14. The van der Waals surface area contributed by atoms with Gasteiger partial charge in [-0.1, -0.05) is 0 Å². The van der Waals surface area contributed by atoms with Crippen molar-refractivity contribution in [3.05, 3.63) is 12.2 Å². The summed E-state index contributed by atoms with van der Waals surface area (Å²) in [6.45, 7) is 0. The highest BCUT2D eigenvalue weighted by molar-refractivity contribution is 4.94. The second-order valence-electron chi connectivity index (χ2n) is 2.55. The first-order valence-electron chi connectivity index (χ1n) is 3.48. The first kappa shape index (κ1) is 6.71. The van der Waals surface area contributed by atoms with Gasteiger partial charge in [-0.15, -0.1) is 0 Å². The van der Waals surface area contributed by atoms with Crippen molar-refractivity contribution in [1.29, 1.82) is 0 Å². The summed E-state index contributed by atoms with van der Waals surface area (Å²) in [5.41, 5.74) is 11.5. The van der Waals surface area contributed by atoms with Crippen LogP contribution in [0.1, 0.15) is 18.3 Å². The number of nitrogens with two attached hydrogens (primary N) is 1. The minimum absolute atomic E-state index is 0.00472. The van der Waals surface area contributed by atoms with Gasteiger partial charge in [0.2, 0.25) is 0 Å². The van der Waals surface area contributed by atoms with E-state index in [0.717, 1.165) is 12.2 Å². The number of nitrogens with zero attached hydrogens (tertiary/aromatic N) is 2. The van der Waals surface area contributed by atoms with Gasteiger partial charge in [0.1, 0.15) is 12.2 Å².